The quantitative estimate of drug-likeness (QED) is 0.376. The average molecular weight is 544 g/mol. The van der Waals surface area contributed by atoms with E-state index < -0.39 is 40.2 Å². The van der Waals surface area contributed by atoms with Crippen LogP contribution in [0.3, 0.4) is 0 Å². The molecule has 0 saturated carbocycles. The number of anilines is 1. The lowest BCUT2D eigenvalue weighted by molar-refractivity contribution is -0.140. The van der Waals surface area contributed by atoms with Crippen LogP contribution < -0.4 is 9.62 Å². The summed E-state index contributed by atoms with van der Waals surface area (Å²) in [5.41, 5.74) is 1.48. The van der Waals surface area contributed by atoms with Gasteiger partial charge >= 0.3 is 0 Å². The fourth-order valence-electron chi connectivity index (χ4n) is 3.93. The van der Waals surface area contributed by atoms with Crippen molar-refractivity contribution in [1.29, 1.82) is 0 Å². The van der Waals surface area contributed by atoms with E-state index in [2.05, 4.69) is 5.32 Å². The summed E-state index contributed by atoms with van der Waals surface area (Å²) in [6.07, 6.45) is 1.81. The van der Waals surface area contributed by atoms with Gasteiger partial charge in [-0.05, 0) is 53.9 Å². The molecule has 7 nitrogen and oxygen atoms in total. The van der Waals surface area contributed by atoms with Crippen molar-refractivity contribution in [1.82, 2.24) is 10.2 Å². The van der Waals surface area contributed by atoms with E-state index in [1.165, 1.54) is 41.3 Å². The molecule has 1 N–H and O–H groups in total. The second kappa shape index (κ2) is 13.1. The fraction of sp³-hybridized carbons (Fsp3) is 0.286. The van der Waals surface area contributed by atoms with Crippen molar-refractivity contribution in [2.75, 3.05) is 23.7 Å². The first kappa shape index (κ1) is 28.8. The molecule has 0 bridgehead atoms. The number of nitrogens with zero attached hydrogens (tertiary/aromatic N) is 2. The van der Waals surface area contributed by atoms with Crippen LogP contribution in [0.4, 0.5) is 14.5 Å². The van der Waals surface area contributed by atoms with Crippen molar-refractivity contribution < 1.29 is 26.8 Å². The monoisotopic (exact) mass is 543 g/mol. The van der Waals surface area contributed by atoms with Crippen molar-refractivity contribution >= 4 is 27.5 Å². The smallest absolute Gasteiger partial charge is 0.244 e. The highest BCUT2D eigenvalue weighted by Crippen LogP contribution is 2.21. The summed E-state index contributed by atoms with van der Waals surface area (Å²) in [6, 6.07) is 18.4. The number of amides is 2. The maximum atomic E-state index is 13.8. The third kappa shape index (κ3) is 8.11. The highest BCUT2D eigenvalue weighted by molar-refractivity contribution is 7.92. The Kier molecular flexibility index (Phi) is 9.95. The van der Waals surface area contributed by atoms with E-state index in [0.717, 1.165) is 28.3 Å². The van der Waals surface area contributed by atoms with Crippen LogP contribution in [0, 0.1) is 11.6 Å². The fourth-order valence-corrected chi connectivity index (χ4v) is 4.78. The van der Waals surface area contributed by atoms with Gasteiger partial charge < -0.3 is 10.2 Å². The standard InChI is InChI=1S/C28H31F2N3O4S/c1-3-17-31-28(35)26(18-21-7-5-4-6-8-21)32(19-22-9-11-23(29)12-10-22)27(34)20-33(38(2,36)37)25-15-13-24(30)14-16-25/h4-16,26H,3,17-20H2,1-2H3,(H,31,35)/t26-/m1/s1. The Morgan fingerprint density at radius 2 is 1.45 bits per heavy atom. The second-order valence-electron chi connectivity index (χ2n) is 8.89. The van der Waals surface area contributed by atoms with Gasteiger partial charge in [0.15, 0.2) is 0 Å². The third-order valence-corrected chi connectivity index (χ3v) is 7.02. The maximum absolute atomic E-state index is 13.8. The van der Waals surface area contributed by atoms with E-state index in [9.17, 15) is 26.8 Å². The van der Waals surface area contributed by atoms with Gasteiger partial charge in [-0.15, -0.1) is 0 Å². The first-order valence-corrected chi connectivity index (χ1v) is 14.0. The zero-order valence-electron chi connectivity index (χ0n) is 21.3. The third-order valence-electron chi connectivity index (χ3n) is 5.88. The maximum Gasteiger partial charge on any atom is 0.244 e. The van der Waals surface area contributed by atoms with Gasteiger partial charge in [0.2, 0.25) is 21.8 Å². The van der Waals surface area contributed by atoms with E-state index in [4.69, 9.17) is 0 Å². The number of hydrogen-bond donors (Lipinski definition) is 1. The Labute approximate surface area is 222 Å². The number of hydrogen-bond acceptors (Lipinski definition) is 4. The van der Waals surface area contributed by atoms with Crippen LogP contribution in [0.2, 0.25) is 0 Å². The lowest BCUT2D eigenvalue weighted by Crippen LogP contribution is -2.53. The van der Waals surface area contributed by atoms with Crippen molar-refractivity contribution in [3.63, 3.8) is 0 Å². The Morgan fingerprint density at radius 1 is 0.868 bits per heavy atom. The van der Waals surface area contributed by atoms with Crippen LogP contribution in [-0.4, -0.2) is 50.5 Å². The summed E-state index contributed by atoms with van der Waals surface area (Å²) in [4.78, 5) is 28.5. The lowest BCUT2D eigenvalue weighted by atomic mass is 10.0. The molecule has 202 valence electrons. The van der Waals surface area contributed by atoms with Gasteiger partial charge in [-0.3, -0.25) is 13.9 Å². The van der Waals surface area contributed by atoms with E-state index in [1.54, 1.807) is 0 Å². The normalized spacial score (nSPS) is 12.0. The van der Waals surface area contributed by atoms with Crippen LogP contribution in [0.15, 0.2) is 78.9 Å². The minimum atomic E-state index is -3.94. The van der Waals surface area contributed by atoms with Gasteiger partial charge in [0, 0.05) is 19.5 Å². The van der Waals surface area contributed by atoms with Crippen molar-refractivity contribution in [2.24, 2.45) is 0 Å². The molecular weight excluding hydrogens is 512 g/mol. The van der Waals surface area contributed by atoms with Gasteiger partial charge in [0.05, 0.1) is 11.9 Å². The summed E-state index contributed by atoms with van der Waals surface area (Å²) in [5.74, 6) is -2.04. The van der Waals surface area contributed by atoms with Crippen LogP contribution in [0.25, 0.3) is 0 Å². The Balaban J connectivity index is 2.02. The number of nitrogens with one attached hydrogen (secondary N) is 1. The molecule has 0 aliphatic heterocycles. The van der Waals surface area contributed by atoms with Crippen LogP contribution in [-0.2, 0) is 32.6 Å². The summed E-state index contributed by atoms with van der Waals surface area (Å²) < 4.78 is 53.2. The van der Waals surface area contributed by atoms with E-state index in [1.807, 2.05) is 37.3 Å². The number of carbonyl (C=O) groups excluding carboxylic acids is 2. The molecule has 0 radical (unpaired) electrons. The molecule has 0 aliphatic carbocycles. The second-order valence-corrected chi connectivity index (χ2v) is 10.8. The van der Waals surface area contributed by atoms with Gasteiger partial charge in [-0.25, -0.2) is 17.2 Å². The van der Waals surface area contributed by atoms with E-state index in [0.29, 0.717) is 18.5 Å². The SMILES string of the molecule is CCCNC(=O)[C@@H](Cc1ccccc1)N(Cc1ccc(F)cc1)C(=O)CN(c1ccc(F)cc1)S(C)(=O)=O. The molecule has 0 fully saturated rings. The van der Waals surface area contributed by atoms with Crippen molar-refractivity contribution in [2.45, 2.75) is 32.4 Å². The molecule has 0 aliphatic rings. The van der Waals surface area contributed by atoms with Gasteiger partial charge in [-0.2, -0.15) is 0 Å². The van der Waals surface area contributed by atoms with Gasteiger partial charge in [0.1, 0.15) is 24.2 Å². The van der Waals surface area contributed by atoms with E-state index in [-0.39, 0.29) is 24.6 Å². The van der Waals surface area contributed by atoms with Crippen LogP contribution in [0.1, 0.15) is 24.5 Å². The lowest BCUT2D eigenvalue weighted by Gasteiger charge is -2.33. The summed E-state index contributed by atoms with van der Waals surface area (Å²) >= 11 is 0. The predicted octanol–water partition coefficient (Wildman–Crippen LogP) is 3.90. The summed E-state index contributed by atoms with van der Waals surface area (Å²) in [7, 11) is -3.94. The molecule has 3 aromatic rings. The Bertz CT molecular complexity index is 1320. The van der Waals surface area contributed by atoms with Crippen molar-refractivity contribution in [3.05, 3.63) is 102 Å². The minimum Gasteiger partial charge on any atom is -0.354 e. The molecule has 0 aromatic heterocycles. The highest BCUT2D eigenvalue weighted by atomic mass is 32.2. The number of rotatable bonds is 12. The zero-order chi connectivity index (χ0) is 27.7. The molecule has 0 spiro atoms. The molecule has 3 rings (SSSR count). The first-order chi connectivity index (χ1) is 18.1. The largest absolute Gasteiger partial charge is 0.354 e. The molecule has 1 atom stereocenters. The zero-order valence-corrected chi connectivity index (χ0v) is 22.1. The summed E-state index contributed by atoms with van der Waals surface area (Å²) in [6.45, 7) is 1.63. The molecule has 38 heavy (non-hydrogen) atoms. The van der Waals surface area contributed by atoms with Crippen LogP contribution >= 0.6 is 0 Å². The van der Waals surface area contributed by atoms with E-state index >= 15 is 0 Å². The highest BCUT2D eigenvalue weighted by Gasteiger charge is 2.32. The molecule has 0 heterocycles. The Hall–Kier alpha value is -3.79. The molecule has 10 heteroatoms. The van der Waals surface area contributed by atoms with Crippen LogP contribution in [0.5, 0.6) is 0 Å². The Morgan fingerprint density at radius 3 is 2.00 bits per heavy atom. The minimum absolute atomic E-state index is 0.0584. The molecule has 2 amide bonds. The summed E-state index contributed by atoms with van der Waals surface area (Å²) in [5, 5.41) is 2.84. The first-order valence-electron chi connectivity index (χ1n) is 12.2. The predicted molar refractivity (Wildman–Crippen MR) is 143 cm³/mol. The topological polar surface area (TPSA) is 86.8 Å². The number of halogens is 2. The molecule has 0 unspecified atom stereocenters. The molecule has 3 aromatic carbocycles. The molecular formula is C28H31F2N3O4S. The van der Waals surface area contributed by atoms with Gasteiger partial charge in [-0.1, -0.05) is 49.4 Å². The molecule has 0 saturated heterocycles. The number of carbonyl (C=O) groups is 2. The number of benzene rings is 3. The van der Waals surface area contributed by atoms with Gasteiger partial charge in [0.25, 0.3) is 0 Å². The average Bonchev–Trinajstić information content (AvgIpc) is 2.89. The van der Waals surface area contributed by atoms with Crippen molar-refractivity contribution in [3.8, 4) is 0 Å². The number of sulfonamides is 1.